The highest BCUT2D eigenvalue weighted by Gasteiger charge is 2.25. The molecule has 0 atom stereocenters. The Balaban J connectivity index is 1.91. The van der Waals surface area contributed by atoms with Gasteiger partial charge in [0.2, 0.25) is 0 Å². The number of halogens is 3. The summed E-state index contributed by atoms with van der Waals surface area (Å²) in [6.45, 7) is 6.48. The molecule has 0 saturated carbocycles. The Kier molecular flexibility index (Phi) is 7.90. The Morgan fingerprint density at radius 3 is 2.53 bits per heavy atom. The molecule has 7 nitrogen and oxygen atoms in total. The summed E-state index contributed by atoms with van der Waals surface area (Å²) in [6.07, 6.45) is 2.64. The number of fused-ring (bicyclic) bond motifs is 1. The molecule has 0 spiro atoms. The van der Waals surface area contributed by atoms with Gasteiger partial charge in [0.05, 0.1) is 29.4 Å². The SMILES string of the molecule is CCO/C(=C/C(=O)OC(C)C)COc1cc(-c2c(Cl)n3n(c2=O)CCCC3)c(F)cc1Cl. The minimum atomic E-state index is -0.689. The fourth-order valence-electron chi connectivity index (χ4n) is 3.44. The number of carbonyl (C=O) groups is 1. The van der Waals surface area contributed by atoms with Crippen LogP contribution in [0.2, 0.25) is 10.2 Å². The summed E-state index contributed by atoms with van der Waals surface area (Å²) in [5, 5.41) is 0.181. The zero-order valence-corrected chi connectivity index (χ0v) is 19.6. The minimum absolute atomic E-state index is 0.00467. The van der Waals surface area contributed by atoms with E-state index in [1.807, 2.05) is 0 Å². The highest BCUT2D eigenvalue weighted by Crippen LogP contribution is 2.36. The highest BCUT2D eigenvalue weighted by atomic mass is 35.5. The molecular weight excluding hydrogens is 462 g/mol. The van der Waals surface area contributed by atoms with Crippen molar-refractivity contribution in [3.05, 3.63) is 50.3 Å². The summed E-state index contributed by atoms with van der Waals surface area (Å²) in [7, 11) is 0. The monoisotopic (exact) mass is 486 g/mol. The first kappa shape index (κ1) is 24.2. The molecule has 0 N–H and O–H groups in total. The molecule has 3 rings (SSSR count). The van der Waals surface area contributed by atoms with Gasteiger partial charge in [0.1, 0.15) is 29.1 Å². The summed E-state index contributed by atoms with van der Waals surface area (Å²) in [5.74, 6) is -0.920. The molecule has 1 aromatic carbocycles. The van der Waals surface area contributed by atoms with Gasteiger partial charge < -0.3 is 14.2 Å². The molecule has 0 unspecified atom stereocenters. The average Bonchev–Trinajstić information content (AvgIpc) is 2.98. The number of rotatable bonds is 8. The van der Waals surface area contributed by atoms with Crippen molar-refractivity contribution in [2.24, 2.45) is 0 Å². The van der Waals surface area contributed by atoms with Gasteiger partial charge in [-0.15, -0.1) is 0 Å². The van der Waals surface area contributed by atoms with Crippen molar-refractivity contribution in [1.29, 1.82) is 0 Å². The zero-order valence-electron chi connectivity index (χ0n) is 18.1. The van der Waals surface area contributed by atoms with E-state index in [4.69, 9.17) is 37.4 Å². The first-order chi connectivity index (χ1) is 15.2. The molecular formula is C22H25Cl2FN2O5. The third kappa shape index (κ3) is 5.30. The molecule has 1 aliphatic heterocycles. The van der Waals surface area contributed by atoms with Crippen LogP contribution in [-0.2, 0) is 27.4 Å². The first-order valence-electron chi connectivity index (χ1n) is 10.4. The lowest BCUT2D eigenvalue weighted by Crippen LogP contribution is -2.27. The molecule has 0 amide bonds. The molecule has 2 aromatic rings. The summed E-state index contributed by atoms with van der Waals surface area (Å²) in [4.78, 5) is 24.8. The summed E-state index contributed by atoms with van der Waals surface area (Å²) in [6, 6.07) is 2.41. The van der Waals surface area contributed by atoms with Crippen LogP contribution in [0.25, 0.3) is 11.1 Å². The minimum Gasteiger partial charge on any atom is -0.494 e. The van der Waals surface area contributed by atoms with E-state index in [1.165, 1.54) is 16.8 Å². The summed E-state index contributed by atoms with van der Waals surface area (Å²) >= 11 is 12.6. The van der Waals surface area contributed by atoms with E-state index >= 15 is 0 Å². The van der Waals surface area contributed by atoms with Gasteiger partial charge in [-0.2, -0.15) is 0 Å². The Morgan fingerprint density at radius 2 is 1.91 bits per heavy atom. The lowest BCUT2D eigenvalue weighted by atomic mass is 10.1. The Bertz CT molecular complexity index is 1090. The smallest absolute Gasteiger partial charge is 0.334 e. The molecule has 0 radical (unpaired) electrons. The lowest BCUT2D eigenvalue weighted by molar-refractivity contribution is -0.141. The highest BCUT2D eigenvalue weighted by molar-refractivity contribution is 6.33. The second-order valence-corrected chi connectivity index (χ2v) is 8.27. The number of ether oxygens (including phenoxy) is 3. The summed E-state index contributed by atoms with van der Waals surface area (Å²) < 4.78 is 34.2. The maximum atomic E-state index is 14.8. The van der Waals surface area contributed by atoms with Crippen LogP contribution in [0.1, 0.15) is 33.6 Å². The molecule has 0 aliphatic carbocycles. The van der Waals surface area contributed by atoms with Crippen LogP contribution in [0.4, 0.5) is 4.39 Å². The standard InChI is InChI=1S/C22H25Cl2FN2O5/c1-4-30-14(9-19(28)32-13(2)3)12-31-18-10-15(17(25)11-16(18)23)20-21(24)26-7-5-6-8-27(26)22(20)29/h9-11,13H,4-8,12H2,1-3H3/b14-9+. The van der Waals surface area contributed by atoms with Crippen LogP contribution in [0.15, 0.2) is 28.8 Å². The number of esters is 1. The van der Waals surface area contributed by atoms with Crippen LogP contribution in [0.5, 0.6) is 5.75 Å². The molecule has 10 heteroatoms. The van der Waals surface area contributed by atoms with Gasteiger partial charge in [0.25, 0.3) is 5.56 Å². The predicted octanol–water partition coefficient (Wildman–Crippen LogP) is 4.81. The molecule has 1 aromatic heterocycles. The molecule has 174 valence electrons. The number of hydrogen-bond acceptors (Lipinski definition) is 5. The Morgan fingerprint density at radius 1 is 1.22 bits per heavy atom. The van der Waals surface area contributed by atoms with Crippen LogP contribution in [-0.4, -0.2) is 34.7 Å². The van der Waals surface area contributed by atoms with E-state index < -0.39 is 11.8 Å². The Hall–Kier alpha value is -2.45. The molecule has 0 fully saturated rings. The topological polar surface area (TPSA) is 71.7 Å². The van der Waals surface area contributed by atoms with Gasteiger partial charge in [-0.05, 0) is 45.7 Å². The Labute approximate surface area is 195 Å². The number of nitrogens with zero attached hydrogens (tertiary/aromatic N) is 2. The number of benzene rings is 1. The van der Waals surface area contributed by atoms with Crippen molar-refractivity contribution in [2.75, 3.05) is 13.2 Å². The van der Waals surface area contributed by atoms with Crippen molar-refractivity contribution in [3.63, 3.8) is 0 Å². The second kappa shape index (κ2) is 10.4. The van der Waals surface area contributed by atoms with Crippen LogP contribution >= 0.6 is 23.2 Å². The first-order valence-corrected chi connectivity index (χ1v) is 11.1. The van der Waals surface area contributed by atoms with Crippen LogP contribution in [0.3, 0.4) is 0 Å². The molecule has 0 bridgehead atoms. The number of aromatic nitrogens is 2. The maximum absolute atomic E-state index is 14.8. The largest absolute Gasteiger partial charge is 0.494 e. The predicted molar refractivity (Wildman–Crippen MR) is 120 cm³/mol. The quantitative estimate of drug-likeness (QED) is 0.304. The number of hydrogen-bond donors (Lipinski definition) is 0. The van der Waals surface area contributed by atoms with Crippen molar-refractivity contribution >= 4 is 29.2 Å². The zero-order chi connectivity index (χ0) is 23.4. The fraction of sp³-hybridized carbons (Fsp3) is 0.455. The van der Waals surface area contributed by atoms with Gasteiger partial charge in [-0.25, -0.2) is 13.9 Å². The van der Waals surface area contributed by atoms with Crippen molar-refractivity contribution < 1.29 is 23.4 Å². The third-order valence-corrected chi connectivity index (χ3v) is 5.46. The van der Waals surface area contributed by atoms with Gasteiger partial charge >= 0.3 is 5.97 Å². The van der Waals surface area contributed by atoms with Crippen molar-refractivity contribution in [3.8, 4) is 16.9 Å². The lowest BCUT2D eigenvalue weighted by Gasteiger charge is -2.17. The molecule has 2 heterocycles. The fourth-order valence-corrected chi connectivity index (χ4v) is 4.00. The van der Waals surface area contributed by atoms with Crippen molar-refractivity contribution in [2.45, 2.75) is 52.8 Å². The van der Waals surface area contributed by atoms with Gasteiger partial charge in [0, 0.05) is 18.7 Å². The second-order valence-electron chi connectivity index (χ2n) is 7.50. The van der Waals surface area contributed by atoms with Gasteiger partial charge in [0.15, 0.2) is 0 Å². The number of carbonyl (C=O) groups excluding carboxylic acids is 1. The van der Waals surface area contributed by atoms with E-state index in [-0.39, 0.29) is 51.1 Å². The molecule has 1 aliphatic rings. The van der Waals surface area contributed by atoms with E-state index in [0.717, 1.165) is 18.9 Å². The third-order valence-electron chi connectivity index (χ3n) is 4.78. The van der Waals surface area contributed by atoms with Crippen LogP contribution < -0.4 is 10.3 Å². The van der Waals surface area contributed by atoms with E-state index in [1.54, 1.807) is 25.5 Å². The summed E-state index contributed by atoms with van der Waals surface area (Å²) in [5.41, 5.74) is -0.308. The average molecular weight is 487 g/mol. The van der Waals surface area contributed by atoms with Crippen molar-refractivity contribution in [1.82, 2.24) is 9.36 Å². The van der Waals surface area contributed by atoms with Gasteiger partial charge in [-0.1, -0.05) is 23.2 Å². The molecule has 0 saturated heterocycles. The van der Waals surface area contributed by atoms with Gasteiger partial charge in [-0.3, -0.25) is 9.48 Å². The normalized spacial score (nSPS) is 13.8. The van der Waals surface area contributed by atoms with E-state index in [9.17, 15) is 14.0 Å². The van der Waals surface area contributed by atoms with E-state index in [0.29, 0.717) is 19.7 Å². The van der Waals surface area contributed by atoms with E-state index in [2.05, 4.69) is 0 Å². The molecule has 32 heavy (non-hydrogen) atoms. The van der Waals surface area contributed by atoms with Crippen LogP contribution in [0, 0.1) is 5.82 Å². The maximum Gasteiger partial charge on any atom is 0.334 e.